The molecule has 1 unspecified atom stereocenters. The number of hydrogen-bond acceptors (Lipinski definition) is 5. The van der Waals surface area contributed by atoms with Crippen molar-refractivity contribution in [3.8, 4) is 11.5 Å². The van der Waals surface area contributed by atoms with E-state index in [9.17, 15) is 4.79 Å². The Morgan fingerprint density at radius 2 is 2.00 bits per heavy atom. The van der Waals surface area contributed by atoms with Crippen molar-refractivity contribution in [3.05, 3.63) is 23.8 Å². The molecule has 3 rings (SSSR count). The molecule has 24 heavy (non-hydrogen) atoms. The van der Waals surface area contributed by atoms with E-state index in [4.69, 9.17) is 19.3 Å². The van der Waals surface area contributed by atoms with Gasteiger partial charge in [-0.25, -0.2) is 4.79 Å². The monoisotopic (exact) mass is 335 g/mol. The quantitative estimate of drug-likeness (QED) is 0.854. The number of benzene rings is 1. The van der Waals surface area contributed by atoms with Crippen LogP contribution in [-0.2, 0) is 10.2 Å². The van der Waals surface area contributed by atoms with Gasteiger partial charge >= 0.3 is 6.16 Å². The van der Waals surface area contributed by atoms with Crippen LogP contribution >= 0.6 is 0 Å². The number of rotatable bonds is 4. The highest BCUT2D eigenvalue weighted by Gasteiger charge is 2.51. The summed E-state index contributed by atoms with van der Waals surface area (Å²) in [5.74, 6) is 1.46. The fraction of sp³-hybridized carbons (Fsp3) is 0.611. The number of likely N-dealkylation sites (N-methyl/N-ethyl adjacent to an activating group) is 1. The molecule has 1 aromatic rings. The van der Waals surface area contributed by atoms with Crippen molar-refractivity contribution in [3.63, 3.8) is 0 Å². The van der Waals surface area contributed by atoms with Crippen LogP contribution in [0.1, 0.15) is 31.2 Å². The van der Waals surface area contributed by atoms with Gasteiger partial charge in [-0.1, -0.05) is 6.07 Å². The van der Waals surface area contributed by atoms with E-state index < -0.39 is 6.16 Å². The molecule has 2 aliphatic rings. The lowest BCUT2D eigenvalue weighted by Gasteiger charge is -2.44. The van der Waals surface area contributed by atoms with Crippen LogP contribution in [0, 0.1) is 0 Å². The van der Waals surface area contributed by atoms with Gasteiger partial charge in [-0.05, 0) is 50.6 Å². The van der Waals surface area contributed by atoms with Gasteiger partial charge in [0.15, 0.2) is 11.5 Å². The number of fused-ring (bicyclic) bond motifs is 1. The second-order valence-corrected chi connectivity index (χ2v) is 6.75. The molecule has 132 valence electrons. The summed E-state index contributed by atoms with van der Waals surface area (Å²) >= 11 is 0. The van der Waals surface area contributed by atoms with Crippen LogP contribution in [-0.4, -0.2) is 56.1 Å². The van der Waals surface area contributed by atoms with Gasteiger partial charge in [-0.3, -0.25) is 0 Å². The highest BCUT2D eigenvalue weighted by molar-refractivity contribution is 5.57. The minimum atomic E-state index is -1.18. The molecule has 6 heteroatoms. The fourth-order valence-corrected chi connectivity index (χ4v) is 4.48. The zero-order valence-corrected chi connectivity index (χ0v) is 14.4. The summed E-state index contributed by atoms with van der Waals surface area (Å²) in [6, 6.07) is 6.42. The van der Waals surface area contributed by atoms with Crippen LogP contribution in [0.2, 0.25) is 0 Å². The van der Waals surface area contributed by atoms with E-state index in [0.717, 1.165) is 43.7 Å². The van der Waals surface area contributed by atoms with Gasteiger partial charge in [-0.2, -0.15) is 0 Å². The zero-order chi connectivity index (χ0) is 17.3. The molecule has 2 fully saturated rings. The average molecular weight is 335 g/mol. The number of carboxylic acid groups (broad SMARTS) is 1. The summed E-state index contributed by atoms with van der Waals surface area (Å²) < 4.78 is 15.9. The lowest BCUT2D eigenvalue weighted by molar-refractivity contribution is 0.00710. The van der Waals surface area contributed by atoms with Crippen molar-refractivity contribution >= 4 is 6.16 Å². The SMILES string of the molecule is COc1ccc([C@@]23CCC(OC(=O)O)C[C@@H]2N(C)CC3)cc1OC. The Bertz CT molecular complexity index is 619. The van der Waals surface area contributed by atoms with Gasteiger partial charge in [0.25, 0.3) is 0 Å². The van der Waals surface area contributed by atoms with E-state index in [1.807, 2.05) is 6.07 Å². The van der Waals surface area contributed by atoms with Crippen LogP contribution in [0.5, 0.6) is 11.5 Å². The van der Waals surface area contributed by atoms with Crippen LogP contribution in [0.4, 0.5) is 4.79 Å². The molecule has 1 aromatic carbocycles. The first-order valence-corrected chi connectivity index (χ1v) is 8.32. The van der Waals surface area contributed by atoms with E-state index in [0.29, 0.717) is 0 Å². The molecule has 1 aliphatic heterocycles. The highest BCUT2D eigenvalue weighted by Crippen LogP contribution is 2.50. The minimum absolute atomic E-state index is 0.0205. The largest absolute Gasteiger partial charge is 0.506 e. The standard InChI is InChI=1S/C18H25NO5/c1-19-9-8-18(7-6-13(11-16(18)19)24-17(20)21)12-4-5-14(22-2)15(10-12)23-3/h4-5,10,13,16H,6-9,11H2,1-3H3,(H,20,21)/t13?,16-,18-/m0/s1. The number of likely N-dealkylation sites (tertiary alicyclic amines) is 1. The average Bonchev–Trinajstić information content (AvgIpc) is 2.91. The molecule has 0 radical (unpaired) electrons. The Labute approximate surface area is 142 Å². The maximum atomic E-state index is 10.9. The molecule has 0 aromatic heterocycles. The van der Waals surface area contributed by atoms with Crippen molar-refractivity contribution in [1.29, 1.82) is 0 Å². The van der Waals surface area contributed by atoms with Gasteiger partial charge in [-0.15, -0.1) is 0 Å². The molecule has 1 saturated carbocycles. The Morgan fingerprint density at radius 3 is 2.67 bits per heavy atom. The Hall–Kier alpha value is -1.95. The lowest BCUT2D eigenvalue weighted by Crippen LogP contribution is -2.48. The van der Waals surface area contributed by atoms with Gasteiger partial charge in [0.2, 0.25) is 0 Å². The fourth-order valence-electron chi connectivity index (χ4n) is 4.48. The predicted octanol–water partition coefficient (Wildman–Crippen LogP) is 2.89. The first kappa shape index (κ1) is 16.9. The van der Waals surface area contributed by atoms with Crippen LogP contribution in [0.3, 0.4) is 0 Å². The second-order valence-electron chi connectivity index (χ2n) is 6.75. The Morgan fingerprint density at radius 1 is 1.25 bits per heavy atom. The normalized spacial score (nSPS) is 29.8. The van der Waals surface area contributed by atoms with Crippen LogP contribution in [0.25, 0.3) is 0 Å². The van der Waals surface area contributed by atoms with Crippen molar-refractivity contribution in [2.24, 2.45) is 0 Å². The molecule has 6 nitrogen and oxygen atoms in total. The topological polar surface area (TPSA) is 68.2 Å². The molecule has 1 aliphatic carbocycles. The van der Waals surface area contributed by atoms with Gasteiger partial charge in [0, 0.05) is 17.9 Å². The Balaban J connectivity index is 1.92. The molecule has 3 atom stereocenters. The minimum Gasteiger partial charge on any atom is -0.493 e. The van der Waals surface area contributed by atoms with Gasteiger partial charge < -0.3 is 24.2 Å². The summed E-state index contributed by atoms with van der Waals surface area (Å²) in [6.45, 7) is 0.999. The summed E-state index contributed by atoms with van der Waals surface area (Å²) in [7, 11) is 5.39. The molecule has 1 N–H and O–H groups in total. The third-order valence-electron chi connectivity index (χ3n) is 5.71. The summed E-state index contributed by atoms with van der Waals surface area (Å²) in [6.07, 6.45) is 2.06. The smallest absolute Gasteiger partial charge is 0.493 e. The summed E-state index contributed by atoms with van der Waals surface area (Å²) in [5, 5.41) is 8.91. The molecule has 0 spiro atoms. The lowest BCUT2D eigenvalue weighted by atomic mass is 9.65. The molecule has 1 saturated heterocycles. The first-order valence-electron chi connectivity index (χ1n) is 8.32. The van der Waals surface area contributed by atoms with Gasteiger partial charge in [0.1, 0.15) is 6.10 Å². The summed E-state index contributed by atoms with van der Waals surface area (Å²) in [4.78, 5) is 13.2. The third kappa shape index (κ3) is 2.79. The first-order chi connectivity index (χ1) is 11.5. The number of methoxy groups -OCH3 is 2. The van der Waals surface area contributed by atoms with E-state index in [2.05, 4.69) is 24.1 Å². The van der Waals surface area contributed by atoms with Crippen LogP contribution < -0.4 is 9.47 Å². The van der Waals surface area contributed by atoms with Crippen molar-refractivity contribution < 1.29 is 24.1 Å². The van der Waals surface area contributed by atoms with E-state index in [1.165, 1.54) is 5.56 Å². The van der Waals surface area contributed by atoms with Crippen molar-refractivity contribution in [2.45, 2.75) is 43.2 Å². The third-order valence-corrected chi connectivity index (χ3v) is 5.71. The number of ether oxygens (including phenoxy) is 3. The van der Waals surface area contributed by atoms with E-state index >= 15 is 0 Å². The maximum Gasteiger partial charge on any atom is 0.506 e. The molecular weight excluding hydrogens is 310 g/mol. The van der Waals surface area contributed by atoms with Crippen molar-refractivity contribution in [2.75, 3.05) is 27.8 Å². The number of carbonyl (C=O) groups is 1. The maximum absolute atomic E-state index is 10.9. The van der Waals surface area contributed by atoms with Crippen LogP contribution in [0.15, 0.2) is 18.2 Å². The van der Waals surface area contributed by atoms with E-state index in [-0.39, 0.29) is 17.6 Å². The molecule has 0 amide bonds. The summed E-state index contributed by atoms with van der Waals surface area (Å²) in [5.41, 5.74) is 1.26. The Kier molecular flexibility index (Phi) is 4.58. The molecule has 1 heterocycles. The highest BCUT2D eigenvalue weighted by atomic mass is 16.7. The zero-order valence-electron chi connectivity index (χ0n) is 14.4. The predicted molar refractivity (Wildman–Crippen MR) is 89.0 cm³/mol. The number of hydrogen-bond donors (Lipinski definition) is 1. The second kappa shape index (κ2) is 6.51. The molecule has 0 bridgehead atoms. The van der Waals surface area contributed by atoms with Gasteiger partial charge in [0.05, 0.1) is 14.2 Å². The van der Waals surface area contributed by atoms with Crippen molar-refractivity contribution in [1.82, 2.24) is 4.90 Å². The number of nitrogens with zero attached hydrogens (tertiary/aromatic N) is 1. The molecular formula is C18H25NO5. The van der Waals surface area contributed by atoms with E-state index in [1.54, 1.807) is 14.2 Å².